The first kappa shape index (κ1) is 23.1. The average Bonchev–Trinajstić information content (AvgIpc) is 2.64. The van der Waals surface area contributed by atoms with Crippen molar-refractivity contribution in [3.8, 4) is 0 Å². The van der Waals surface area contributed by atoms with Gasteiger partial charge >= 0.3 is 0 Å². The summed E-state index contributed by atoms with van der Waals surface area (Å²) in [6, 6.07) is -0.261. The summed E-state index contributed by atoms with van der Waals surface area (Å²) >= 11 is 0. The number of nitrogens with one attached hydrogen (secondary N) is 1. The Morgan fingerprint density at radius 3 is 2.00 bits per heavy atom. The molecule has 0 aromatic heterocycles. The third-order valence-electron chi connectivity index (χ3n) is 4.69. The maximum atomic E-state index is 12.2. The Kier molecular flexibility index (Phi) is 13.9. The lowest BCUT2D eigenvalue weighted by molar-refractivity contribution is -0.129. The molecular formula is C20H39NO3. The van der Waals surface area contributed by atoms with Crippen molar-refractivity contribution in [3.63, 3.8) is 0 Å². The predicted octanol–water partition coefficient (Wildman–Crippen LogP) is 4.51. The van der Waals surface area contributed by atoms with Crippen molar-refractivity contribution in [3.05, 3.63) is 0 Å². The average molecular weight is 342 g/mol. The predicted molar refractivity (Wildman–Crippen MR) is 100 cm³/mol. The zero-order valence-corrected chi connectivity index (χ0v) is 16.5. The van der Waals surface area contributed by atoms with Gasteiger partial charge in [-0.1, -0.05) is 47.0 Å². The molecule has 1 N–H and O–H groups in total. The lowest BCUT2D eigenvalue weighted by Gasteiger charge is -2.30. The lowest BCUT2D eigenvalue weighted by atomic mass is 9.82. The van der Waals surface area contributed by atoms with Gasteiger partial charge in [0.25, 0.3) is 0 Å². The number of carbonyl (C=O) groups is 2. The molecule has 1 saturated heterocycles. The van der Waals surface area contributed by atoms with E-state index >= 15 is 0 Å². The van der Waals surface area contributed by atoms with E-state index in [-0.39, 0.29) is 17.7 Å². The second-order valence-electron chi connectivity index (χ2n) is 6.31. The zero-order chi connectivity index (χ0) is 18.4. The summed E-state index contributed by atoms with van der Waals surface area (Å²) in [6.07, 6.45) is 8.23. The van der Waals surface area contributed by atoms with E-state index in [2.05, 4.69) is 5.32 Å². The molecule has 0 aromatic rings. The van der Waals surface area contributed by atoms with Crippen LogP contribution >= 0.6 is 0 Å². The quantitative estimate of drug-likeness (QED) is 0.800. The Balaban J connectivity index is 0.00000123. The summed E-state index contributed by atoms with van der Waals surface area (Å²) in [4.78, 5) is 24.0. The number of ketones is 1. The van der Waals surface area contributed by atoms with Crippen LogP contribution < -0.4 is 5.32 Å². The molecule has 1 amide bonds. The maximum Gasteiger partial charge on any atom is 0.220 e. The number of carbonyl (C=O) groups excluding carboxylic acids is 2. The van der Waals surface area contributed by atoms with Gasteiger partial charge in [0, 0.05) is 19.6 Å². The first-order valence-corrected chi connectivity index (χ1v) is 10.0. The van der Waals surface area contributed by atoms with E-state index in [1.165, 1.54) is 19.3 Å². The van der Waals surface area contributed by atoms with Gasteiger partial charge in [-0.25, -0.2) is 0 Å². The fourth-order valence-electron chi connectivity index (χ4n) is 3.46. The summed E-state index contributed by atoms with van der Waals surface area (Å²) in [7, 11) is 0. The minimum absolute atomic E-state index is 0.0441. The van der Waals surface area contributed by atoms with E-state index in [0.29, 0.717) is 18.3 Å². The van der Waals surface area contributed by atoms with E-state index < -0.39 is 0 Å². The van der Waals surface area contributed by atoms with E-state index in [1.54, 1.807) is 6.92 Å². The highest BCUT2D eigenvalue weighted by Gasteiger charge is 2.29. The molecule has 1 aliphatic carbocycles. The van der Waals surface area contributed by atoms with Gasteiger partial charge in [0.15, 0.2) is 5.78 Å². The SMILES string of the molecule is CC.CC.CC(=O)C(NC(=O)CC1CCOCC1)C1CCCCC1. The Labute approximate surface area is 149 Å². The number of hydrogen-bond acceptors (Lipinski definition) is 3. The summed E-state index contributed by atoms with van der Waals surface area (Å²) in [6.45, 7) is 11.1. The van der Waals surface area contributed by atoms with Gasteiger partial charge in [-0.05, 0) is 44.4 Å². The number of rotatable bonds is 5. The number of amides is 1. The molecule has 0 bridgehead atoms. The van der Waals surface area contributed by atoms with Crippen LogP contribution in [0.2, 0.25) is 0 Å². The van der Waals surface area contributed by atoms with Crippen molar-refractivity contribution < 1.29 is 14.3 Å². The minimum Gasteiger partial charge on any atom is -0.381 e. The van der Waals surface area contributed by atoms with Gasteiger partial charge in [0.1, 0.15) is 0 Å². The van der Waals surface area contributed by atoms with Crippen LogP contribution in [0.5, 0.6) is 0 Å². The number of hydrogen-bond donors (Lipinski definition) is 1. The Hall–Kier alpha value is -0.900. The highest BCUT2D eigenvalue weighted by atomic mass is 16.5. The minimum atomic E-state index is -0.261. The maximum absolute atomic E-state index is 12.2. The van der Waals surface area contributed by atoms with Crippen LogP contribution in [0.15, 0.2) is 0 Å². The highest BCUT2D eigenvalue weighted by molar-refractivity contribution is 5.87. The van der Waals surface area contributed by atoms with Crippen LogP contribution in [0.3, 0.4) is 0 Å². The van der Waals surface area contributed by atoms with Crippen molar-refractivity contribution >= 4 is 11.7 Å². The second kappa shape index (κ2) is 14.4. The monoisotopic (exact) mass is 341 g/mol. The molecule has 1 unspecified atom stereocenters. The van der Waals surface area contributed by atoms with Crippen LogP contribution in [0.1, 0.15) is 86.0 Å². The smallest absolute Gasteiger partial charge is 0.220 e. The van der Waals surface area contributed by atoms with Crippen LogP contribution in [0, 0.1) is 11.8 Å². The van der Waals surface area contributed by atoms with Gasteiger partial charge in [0.05, 0.1) is 6.04 Å². The second-order valence-corrected chi connectivity index (χ2v) is 6.31. The topological polar surface area (TPSA) is 55.4 Å². The summed E-state index contributed by atoms with van der Waals surface area (Å²) in [5, 5.41) is 3.00. The normalized spacial score (nSPS) is 19.9. The first-order valence-electron chi connectivity index (χ1n) is 10.0. The zero-order valence-electron chi connectivity index (χ0n) is 16.5. The standard InChI is InChI=1S/C16H27NO3.2C2H6/c1-12(18)16(14-5-3-2-4-6-14)17-15(19)11-13-7-9-20-10-8-13;2*1-2/h13-14,16H,2-11H2,1H3,(H,17,19);2*1-2H3. The van der Waals surface area contributed by atoms with Gasteiger partial charge in [0.2, 0.25) is 5.91 Å². The summed E-state index contributed by atoms with van der Waals surface area (Å²) in [5.74, 6) is 0.919. The van der Waals surface area contributed by atoms with Gasteiger partial charge in [-0.2, -0.15) is 0 Å². The van der Waals surface area contributed by atoms with Gasteiger partial charge in [-0.15, -0.1) is 0 Å². The molecule has 2 aliphatic rings. The molecule has 0 aromatic carbocycles. The van der Waals surface area contributed by atoms with Crippen LogP contribution in [0.4, 0.5) is 0 Å². The molecule has 1 atom stereocenters. The van der Waals surface area contributed by atoms with Crippen LogP contribution in [-0.4, -0.2) is 30.9 Å². The molecule has 4 heteroatoms. The van der Waals surface area contributed by atoms with Crippen molar-refractivity contribution in [1.82, 2.24) is 5.32 Å². The Morgan fingerprint density at radius 2 is 1.50 bits per heavy atom. The van der Waals surface area contributed by atoms with Gasteiger partial charge in [-0.3, -0.25) is 9.59 Å². The van der Waals surface area contributed by atoms with Gasteiger partial charge < -0.3 is 10.1 Å². The van der Waals surface area contributed by atoms with Crippen molar-refractivity contribution in [2.75, 3.05) is 13.2 Å². The van der Waals surface area contributed by atoms with E-state index in [1.807, 2.05) is 27.7 Å². The summed E-state index contributed by atoms with van der Waals surface area (Å²) < 4.78 is 5.31. The highest BCUT2D eigenvalue weighted by Crippen LogP contribution is 2.27. The largest absolute Gasteiger partial charge is 0.381 e. The molecule has 2 rings (SSSR count). The molecule has 0 spiro atoms. The molecule has 142 valence electrons. The van der Waals surface area contributed by atoms with E-state index in [4.69, 9.17) is 4.74 Å². The van der Waals surface area contributed by atoms with E-state index in [9.17, 15) is 9.59 Å². The molecule has 4 nitrogen and oxygen atoms in total. The molecule has 1 saturated carbocycles. The lowest BCUT2D eigenvalue weighted by Crippen LogP contribution is -2.46. The molecule has 1 heterocycles. The van der Waals surface area contributed by atoms with Crippen LogP contribution in [-0.2, 0) is 14.3 Å². The fourth-order valence-corrected chi connectivity index (χ4v) is 3.46. The first-order chi connectivity index (χ1) is 11.7. The third kappa shape index (κ3) is 8.81. The Bertz CT molecular complexity index is 332. The molecule has 0 radical (unpaired) electrons. The molecular weight excluding hydrogens is 302 g/mol. The van der Waals surface area contributed by atoms with E-state index in [0.717, 1.165) is 38.9 Å². The van der Waals surface area contributed by atoms with Crippen molar-refractivity contribution in [2.24, 2.45) is 11.8 Å². The van der Waals surface area contributed by atoms with Crippen molar-refractivity contribution in [2.45, 2.75) is 92.0 Å². The number of Topliss-reactive ketones (excluding diaryl/α,β-unsaturated/α-hetero) is 1. The third-order valence-corrected chi connectivity index (χ3v) is 4.69. The van der Waals surface area contributed by atoms with Crippen LogP contribution in [0.25, 0.3) is 0 Å². The summed E-state index contributed by atoms with van der Waals surface area (Å²) in [5.41, 5.74) is 0. The molecule has 2 fully saturated rings. The number of ether oxygens (including phenoxy) is 1. The Morgan fingerprint density at radius 1 is 0.958 bits per heavy atom. The molecule has 24 heavy (non-hydrogen) atoms. The fraction of sp³-hybridized carbons (Fsp3) is 0.900. The molecule has 1 aliphatic heterocycles. The van der Waals surface area contributed by atoms with Crippen molar-refractivity contribution in [1.29, 1.82) is 0 Å².